The zero-order valence-electron chi connectivity index (χ0n) is 8.35. The third kappa shape index (κ3) is 1.35. The minimum Gasteiger partial charge on any atom is -0.399 e. The van der Waals surface area contributed by atoms with Crippen molar-refractivity contribution >= 4 is 11.3 Å². The standard InChI is InChI=1S/C10H13N5/c11-8-2-4-15-9(5-8)13-14-10(15)7-1-3-12-6-7/h2,4-5,7,12H,1,3,6,11H2. The third-order valence-electron chi connectivity index (χ3n) is 2.89. The van der Waals surface area contributed by atoms with Crippen LogP contribution in [0.15, 0.2) is 18.3 Å². The summed E-state index contributed by atoms with van der Waals surface area (Å²) in [4.78, 5) is 0. The van der Waals surface area contributed by atoms with Crippen LogP contribution in [-0.2, 0) is 0 Å². The average Bonchev–Trinajstić information content (AvgIpc) is 2.82. The van der Waals surface area contributed by atoms with E-state index >= 15 is 0 Å². The molecule has 1 atom stereocenters. The van der Waals surface area contributed by atoms with Crippen molar-refractivity contribution < 1.29 is 0 Å². The molecule has 1 aliphatic heterocycles. The summed E-state index contributed by atoms with van der Waals surface area (Å²) in [6.45, 7) is 2.06. The van der Waals surface area contributed by atoms with Gasteiger partial charge in [-0.2, -0.15) is 0 Å². The lowest BCUT2D eigenvalue weighted by Crippen LogP contribution is -2.10. The fourth-order valence-electron chi connectivity index (χ4n) is 2.08. The van der Waals surface area contributed by atoms with Gasteiger partial charge in [0.15, 0.2) is 5.65 Å². The van der Waals surface area contributed by atoms with Crippen LogP contribution in [0.4, 0.5) is 5.69 Å². The molecule has 15 heavy (non-hydrogen) atoms. The van der Waals surface area contributed by atoms with E-state index in [0.29, 0.717) is 5.92 Å². The van der Waals surface area contributed by atoms with Crippen LogP contribution in [0.1, 0.15) is 18.2 Å². The summed E-state index contributed by atoms with van der Waals surface area (Å²) in [6.07, 6.45) is 3.07. The van der Waals surface area contributed by atoms with Gasteiger partial charge >= 0.3 is 0 Å². The van der Waals surface area contributed by atoms with E-state index in [2.05, 4.69) is 15.5 Å². The average molecular weight is 203 g/mol. The van der Waals surface area contributed by atoms with Crippen LogP contribution in [0.25, 0.3) is 5.65 Å². The van der Waals surface area contributed by atoms with Crippen LogP contribution in [0.3, 0.4) is 0 Å². The first-order valence-electron chi connectivity index (χ1n) is 5.15. The topological polar surface area (TPSA) is 68.2 Å². The van der Waals surface area contributed by atoms with Gasteiger partial charge in [-0.15, -0.1) is 10.2 Å². The Hall–Kier alpha value is -1.62. The molecule has 1 aliphatic rings. The third-order valence-corrected chi connectivity index (χ3v) is 2.89. The van der Waals surface area contributed by atoms with Crippen molar-refractivity contribution in [2.45, 2.75) is 12.3 Å². The van der Waals surface area contributed by atoms with Crippen LogP contribution in [0.5, 0.6) is 0 Å². The maximum Gasteiger partial charge on any atom is 0.162 e. The number of nitrogen functional groups attached to an aromatic ring is 1. The van der Waals surface area contributed by atoms with Gasteiger partial charge in [0.05, 0.1) is 0 Å². The van der Waals surface area contributed by atoms with E-state index < -0.39 is 0 Å². The van der Waals surface area contributed by atoms with Gasteiger partial charge in [0.1, 0.15) is 5.82 Å². The smallest absolute Gasteiger partial charge is 0.162 e. The molecule has 78 valence electrons. The first-order valence-corrected chi connectivity index (χ1v) is 5.15. The summed E-state index contributed by atoms with van der Waals surface area (Å²) in [5, 5.41) is 11.7. The van der Waals surface area contributed by atoms with Crippen LogP contribution >= 0.6 is 0 Å². The Kier molecular flexibility index (Phi) is 1.85. The van der Waals surface area contributed by atoms with Crippen molar-refractivity contribution in [3.05, 3.63) is 24.2 Å². The summed E-state index contributed by atoms with van der Waals surface area (Å²) in [5.41, 5.74) is 7.25. The largest absolute Gasteiger partial charge is 0.399 e. The lowest BCUT2D eigenvalue weighted by atomic mass is 10.1. The SMILES string of the molecule is Nc1ccn2c(C3CCNC3)nnc2c1. The minimum atomic E-state index is 0.476. The zero-order chi connectivity index (χ0) is 10.3. The van der Waals surface area contributed by atoms with Gasteiger partial charge in [-0.3, -0.25) is 4.40 Å². The highest BCUT2D eigenvalue weighted by Crippen LogP contribution is 2.21. The van der Waals surface area contributed by atoms with Crippen molar-refractivity contribution in [2.24, 2.45) is 0 Å². The normalized spacial score (nSPS) is 21.2. The summed E-state index contributed by atoms with van der Waals surface area (Å²) in [7, 11) is 0. The monoisotopic (exact) mass is 203 g/mol. The summed E-state index contributed by atoms with van der Waals surface area (Å²) < 4.78 is 2.02. The number of nitrogens with one attached hydrogen (secondary N) is 1. The van der Waals surface area contributed by atoms with Crippen molar-refractivity contribution in [3.63, 3.8) is 0 Å². The highest BCUT2D eigenvalue weighted by atomic mass is 15.3. The first-order chi connectivity index (χ1) is 7.34. The van der Waals surface area contributed by atoms with Crippen LogP contribution in [-0.4, -0.2) is 27.7 Å². The van der Waals surface area contributed by atoms with Gasteiger partial charge in [-0.05, 0) is 19.0 Å². The van der Waals surface area contributed by atoms with Gasteiger partial charge in [0.25, 0.3) is 0 Å². The number of nitrogens with two attached hydrogens (primary N) is 1. The van der Waals surface area contributed by atoms with Crippen molar-refractivity contribution in [1.29, 1.82) is 0 Å². The van der Waals surface area contributed by atoms with Crippen LogP contribution in [0, 0.1) is 0 Å². The molecular formula is C10H13N5. The number of pyridine rings is 1. The van der Waals surface area contributed by atoms with Crippen molar-refractivity contribution in [1.82, 2.24) is 19.9 Å². The molecule has 3 rings (SSSR count). The molecule has 0 saturated carbocycles. The van der Waals surface area contributed by atoms with Crippen LogP contribution in [0.2, 0.25) is 0 Å². The second kappa shape index (κ2) is 3.20. The quantitative estimate of drug-likeness (QED) is 0.703. The molecule has 0 spiro atoms. The molecule has 1 saturated heterocycles. The molecule has 0 bridgehead atoms. The number of hydrogen-bond donors (Lipinski definition) is 2. The molecule has 3 heterocycles. The molecule has 0 amide bonds. The van der Waals surface area contributed by atoms with Crippen molar-refractivity contribution in [3.8, 4) is 0 Å². The zero-order valence-corrected chi connectivity index (χ0v) is 8.35. The molecule has 5 heteroatoms. The van der Waals surface area contributed by atoms with Gasteiger partial charge in [0, 0.05) is 30.4 Å². The predicted octanol–water partition coefficient (Wildman–Crippen LogP) is 0.388. The lowest BCUT2D eigenvalue weighted by molar-refractivity contribution is 0.691. The Bertz CT molecular complexity index is 484. The molecule has 1 unspecified atom stereocenters. The number of fused-ring (bicyclic) bond motifs is 1. The number of rotatable bonds is 1. The van der Waals surface area contributed by atoms with E-state index in [4.69, 9.17) is 5.73 Å². The van der Waals surface area contributed by atoms with E-state index in [1.165, 1.54) is 0 Å². The van der Waals surface area contributed by atoms with Gasteiger partial charge in [-0.25, -0.2) is 0 Å². The maximum atomic E-state index is 5.69. The molecule has 1 fully saturated rings. The number of hydrogen-bond acceptors (Lipinski definition) is 4. The molecule has 5 nitrogen and oxygen atoms in total. The van der Waals surface area contributed by atoms with Crippen LogP contribution < -0.4 is 11.1 Å². The molecule has 0 aliphatic carbocycles. The van der Waals surface area contributed by atoms with E-state index in [1.54, 1.807) is 0 Å². The molecule has 0 aromatic carbocycles. The van der Waals surface area contributed by atoms with Gasteiger partial charge < -0.3 is 11.1 Å². The van der Waals surface area contributed by atoms with Gasteiger partial charge in [-0.1, -0.05) is 0 Å². The highest BCUT2D eigenvalue weighted by molar-refractivity contribution is 5.51. The second-order valence-corrected chi connectivity index (χ2v) is 3.94. The van der Waals surface area contributed by atoms with E-state index in [1.807, 2.05) is 22.7 Å². The summed E-state index contributed by atoms with van der Waals surface area (Å²) >= 11 is 0. The highest BCUT2D eigenvalue weighted by Gasteiger charge is 2.21. The second-order valence-electron chi connectivity index (χ2n) is 3.94. The lowest BCUT2D eigenvalue weighted by Gasteiger charge is -2.05. The predicted molar refractivity (Wildman–Crippen MR) is 57.6 cm³/mol. The van der Waals surface area contributed by atoms with Gasteiger partial charge in [0.2, 0.25) is 0 Å². The molecule has 2 aromatic rings. The Morgan fingerprint density at radius 1 is 1.47 bits per heavy atom. The van der Waals surface area contributed by atoms with Crippen molar-refractivity contribution in [2.75, 3.05) is 18.8 Å². The molecule has 3 N–H and O–H groups in total. The summed E-state index contributed by atoms with van der Waals surface area (Å²) in [6, 6.07) is 3.72. The van der Waals surface area contributed by atoms with E-state index in [-0.39, 0.29) is 0 Å². The fraction of sp³-hybridized carbons (Fsp3) is 0.400. The number of anilines is 1. The Morgan fingerprint density at radius 3 is 3.20 bits per heavy atom. The number of aromatic nitrogens is 3. The molecule has 0 radical (unpaired) electrons. The fourth-order valence-corrected chi connectivity index (χ4v) is 2.08. The summed E-state index contributed by atoms with van der Waals surface area (Å²) in [5.74, 6) is 1.51. The molecular weight excluding hydrogens is 190 g/mol. The van der Waals surface area contributed by atoms with E-state index in [0.717, 1.165) is 36.7 Å². The first kappa shape index (κ1) is 8.67. The Balaban J connectivity index is 2.11. The number of nitrogens with zero attached hydrogens (tertiary/aromatic N) is 3. The Labute approximate surface area is 87.3 Å². The Morgan fingerprint density at radius 2 is 2.40 bits per heavy atom. The minimum absolute atomic E-state index is 0.476. The van der Waals surface area contributed by atoms with E-state index in [9.17, 15) is 0 Å². The maximum absolute atomic E-state index is 5.69. The molecule has 2 aromatic heterocycles.